The van der Waals surface area contributed by atoms with Gasteiger partial charge in [0.2, 0.25) is 0 Å². The first-order valence-corrected chi connectivity index (χ1v) is 9.36. The topological polar surface area (TPSA) is 41.7 Å². The summed E-state index contributed by atoms with van der Waals surface area (Å²) < 4.78 is 0. The summed E-state index contributed by atoms with van der Waals surface area (Å²) in [6.45, 7) is 4.86. The van der Waals surface area contributed by atoms with Crippen LogP contribution in [0.5, 0.6) is 0 Å². The fraction of sp³-hybridized carbons (Fsp3) is 0.409. The monoisotopic (exact) mass is 338 g/mol. The zero-order chi connectivity index (χ0) is 17.7. The number of hydrogen-bond acceptors (Lipinski definition) is 2. The van der Waals surface area contributed by atoms with Crippen molar-refractivity contribution >= 4 is 5.78 Å². The number of carbonyl (C=O) groups excluding carboxylic acids is 1. The number of nitrogens with one attached hydrogen (secondary N) is 1. The number of aliphatic hydroxyl groups is 1. The lowest BCUT2D eigenvalue weighted by atomic mass is 9.72. The SMILES string of the molecule is CCCC[NH+]1CC[C@](O)(c2ccccc2)[C@@H](C(=O)c2ccccc2)C1. The van der Waals surface area contributed by atoms with Crippen molar-refractivity contribution in [2.45, 2.75) is 31.8 Å². The fourth-order valence-electron chi connectivity index (χ4n) is 3.94. The molecule has 0 saturated carbocycles. The zero-order valence-corrected chi connectivity index (χ0v) is 14.9. The van der Waals surface area contributed by atoms with E-state index < -0.39 is 11.5 Å². The van der Waals surface area contributed by atoms with Gasteiger partial charge in [-0.15, -0.1) is 0 Å². The Bertz CT molecular complexity index is 686. The lowest BCUT2D eigenvalue weighted by molar-refractivity contribution is -0.911. The van der Waals surface area contributed by atoms with Gasteiger partial charge in [0.15, 0.2) is 5.78 Å². The molecule has 1 saturated heterocycles. The van der Waals surface area contributed by atoms with E-state index in [1.54, 1.807) is 0 Å². The Balaban J connectivity index is 1.92. The highest BCUT2D eigenvalue weighted by Gasteiger charge is 2.48. The normalized spacial score (nSPS) is 26.3. The minimum absolute atomic E-state index is 0.0562. The molecule has 0 spiro atoms. The highest BCUT2D eigenvalue weighted by atomic mass is 16.3. The van der Waals surface area contributed by atoms with E-state index in [0.717, 1.165) is 31.5 Å². The standard InChI is InChI=1S/C22H27NO2/c1-2-3-15-23-16-14-22(25,19-12-8-5-9-13-19)20(17-23)21(24)18-10-6-4-7-11-18/h4-13,20,25H,2-3,14-17H2,1H3/p+1/t20-,22+/m1/s1. The van der Waals surface area contributed by atoms with Crippen LogP contribution in [0.4, 0.5) is 0 Å². The maximum Gasteiger partial charge on any atom is 0.174 e. The first-order chi connectivity index (χ1) is 12.1. The van der Waals surface area contributed by atoms with E-state index in [-0.39, 0.29) is 5.78 Å². The van der Waals surface area contributed by atoms with Crippen LogP contribution >= 0.6 is 0 Å². The third-order valence-electron chi connectivity index (χ3n) is 5.46. The predicted octanol–water partition coefficient (Wildman–Crippen LogP) is 2.46. The van der Waals surface area contributed by atoms with Gasteiger partial charge in [0.1, 0.15) is 11.5 Å². The van der Waals surface area contributed by atoms with Crippen molar-refractivity contribution in [2.75, 3.05) is 19.6 Å². The summed E-state index contributed by atoms with van der Waals surface area (Å²) in [5.74, 6) is -0.349. The van der Waals surface area contributed by atoms with Gasteiger partial charge in [-0.2, -0.15) is 0 Å². The molecule has 0 bridgehead atoms. The van der Waals surface area contributed by atoms with Crippen molar-refractivity contribution < 1.29 is 14.8 Å². The van der Waals surface area contributed by atoms with Crippen molar-refractivity contribution in [1.29, 1.82) is 0 Å². The maximum atomic E-state index is 13.2. The molecule has 3 rings (SSSR count). The Morgan fingerprint density at radius 1 is 1.12 bits per heavy atom. The number of hydrogen-bond donors (Lipinski definition) is 2. The van der Waals surface area contributed by atoms with Crippen molar-refractivity contribution in [1.82, 2.24) is 0 Å². The van der Waals surface area contributed by atoms with E-state index in [4.69, 9.17) is 0 Å². The van der Waals surface area contributed by atoms with E-state index in [2.05, 4.69) is 6.92 Å². The molecule has 0 radical (unpaired) electrons. The number of likely N-dealkylation sites (tertiary alicyclic amines) is 1. The van der Waals surface area contributed by atoms with Gasteiger partial charge >= 0.3 is 0 Å². The molecule has 2 aromatic rings. The predicted molar refractivity (Wildman–Crippen MR) is 99.7 cm³/mol. The van der Waals surface area contributed by atoms with Crippen LogP contribution in [-0.4, -0.2) is 30.5 Å². The number of unbranched alkanes of at least 4 members (excludes halogenated alkanes) is 1. The number of Topliss-reactive ketones (excluding diaryl/α,β-unsaturated/α-hetero) is 1. The van der Waals surface area contributed by atoms with Gasteiger partial charge in [-0.25, -0.2) is 0 Å². The molecule has 2 aromatic carbocycles. The largest absolute Gasteiger partial charge is 0.384 e. The van der Waals surface area contributed by atoms with Gasteiger partial charge in [-0.3, -0.25) is 4.79 Å². The number of rotatable bonds is 6. The minimum Gasteiger partial charge on any atom is -0.384 e. The van der Waals surface area contributed by atoms with Crippen LogP contribution in [0, 0.1) is 5.92 Å². The quantitative estimate of drug-likeness (QED) is 0.795. The highest BCUT2D eigenvalue weighted by molar-refractivity contribution is 5.98. The van der Waals surface area contributed by atoms with Crippen LogP contribution in [0.2, 0.25) is 0 Å². The number of carbonyl (C=O) groups is 1. The Kier molecular flexibility index (Phi) is 5.67. The Morgan fingerprint density at radius 2 is 1.76 bits per heavy atom. The summed E-state index contributed by atoms with van der Waals surface area (Å²) in [5, 5.41) is 11.5. The number of quaternary nitrogens is 1. The second-order valence-electron chi connectivity index (χ2n) is 7.13. The molecular weight excluding hydrogens is 310 g/mol. The second-order valence-corrected chi connectivity index (χ2v) is 7.13. The van der Waals surface area contributed by atoms with Gasteiger partial charge < -0.3 is 10.0 Å². The molecule has 2 N–H and O–H groups in total. The molecule has 25 heavy (non-hydrogen) atoms. The summed E-state index contributed by atoms with van der Waals surface area (Å²) in [4.78, 5) is 14.7. The minimum atomic E-state index is -1.08. The average Bonchev–Trinajstić information content (AvgIpc) is 2.68. The molecule has 1 unspecified atom stereocenters. The molecule has 1 heterocycles. The van der Waals surface area contributed by atoms with E-state index >= 15 is 0 Å². The summed E-state index contributed by atoms with van der Waals surface area (Å²) in [5.41, 5.74) is 0.474. The third-order valence-corrected chi connectivity index (χ3v) is 5.46. The molecule has 132 valence electrons. The summed E-state index contributed by atoms with van der Waals surface area (Å²) in [7, 11) is 0. The lowest BCUT2D eigenvalue weighted by Crippen LogP contribution is -3.14. The molecule has 3 heteroatoms. The molecule has 0 aliphatic carbocycles. The molecule has 3 atom stereocenters. The Labute approximate surface area is 150 Å². The van der Waals surface area contributed by atoms with E-state index in [1.807, 2.05) is 60.7 Å². The molecule has 1 aliphatic rings. The van der Waals surface area contributed by atoms with Gasteiger partial charge in [0, 0.05) is 12.0 Å². The maximum absolute atomic E-state index is 13.2. The van der Waals surface area contributed by atoms with E-state index in [1.165, 1.54) is 4.90 Å². The smallest absolute Gasteiger partial charge is 0.174 e. The summed E-state index contributed by atoms with van der Waals surface area (Å²) in [6, 6.07) is 19.1. The molecule has 1 fully saturated rings. The molecular formula is C22H28NO2+. The van der Waals surface area contributed by atoms with Crippen LogP contribution in [0.25, 0.3) is 0 Å². The van der Waals surface area contributed by atoms with Crippen molar-refractivity contribution in [3.05, 3.63) is 71.8 Å². The first-order valence-electron chi connectivity index (χ1n) is 9.36. The lowest BCUT2D eigenvalue weighted by Gasteiger charge is -2.42. The van der Waals surface area contributed by atoms with Gasteiger partial charge in [-0.05, 0) is 12.0 Å². The van der Waals surface area contributed by atoms with Crippen LogP contribution < -0.4 is 4.90 Å². The third kappa shape index (κ3) is 3.83. The van der Waals surface area contributed by atoms with Crippen LogP contribution in [0.3, 0.4) is 0 Å². The van der Waals surface area contributed by atoms with Crippen LogP contribution in [-0.2, 0) is 5.60 Å². The summed E-state index contributed by atoms with van der Waals surface area (Å²) >= 11 is 0. The number of ketones is 1. The van der Waals surface area contributed by atoms with Crippen LogP contribution in [0.1, 0.15) is 42.1 Å². The number of piperidine rings is 1. The molecule has 0 amide bonds. The first kappa shape index (κ1) is 17.8. The zero-order valence-electron chi connectivity index (χ0n) is 14.9. The van der Waals surface area contributed by atoms with Gasteiger partial charge in [0.05, 0.1) is 19.6 Å². The van der Waals surface area contributed by atoms with Crippen molar-refractivity contribution in [3.63, 3.8) is 0 Å². The van der Waals surface area contributed by atoms with Crippen LogP contribution in [0.15, 0.2) is 60.7 Å². The highest BCUT2D eigenvalue weighted by Crippen LogP contribution is 2.36. The average molecular weight is 338 g/mol. The Morgan fingerprint density at radius 3 is 2.40 bits per heavy atom. The molecule has 3 nitrogen and oxygen atoms in total. The molecule has 1 aliphatic heterocycles. The van der Waals surface area contributed by atoms with Crippen molar-refractivity contribution in [3.8, 4) is 0 Å². The van der Waals surface area contributed by atoms with Gasteiger partial charge in [0.25, 0.3) is 0 Å². The van der Waals surface area contributed by atoms with Crippen molar-refractivity contribution in [2.24, 2.45) is 5.92 Å². The van der Waals surface area contributed by atoms with E-state index in [9.17, 15) is 9.90 Å². The molecule has 0 aromatic heterocycles. The van der Waals surface area contributed by atoms with E-state index in [0.29, 0.717) is 18.5 Å². The number of benzene rings is 2. The second kappa shape index (κ2) is 7.94. The Hall–Kier alpha value is -1.97. The van der Waals surface area contributed by atoms with Gasteiger partial charge in [-0.1, -0.05) is 74.0 Å². The summed E-state index contributed by atoms with van der Waals surface area (Å²) in [6.07, 6.45) is 2.94. The fourth-order valence-corrected chi connectivity index (χ4v) is 3.94.